The molecule has 0 radical (unpaired) electrons. The number of carbonyl (C=O) groups excluding carboxylic acids is 1. The van der Waals surface area contributed by atoms with Crippen molar-refractivity contribution in [3.63, 3.8) is 0 Å². The van der Waals surface area contributed by atoms with E-state index in [2.05, 4.69) is 29.0 Å². The first-order valence-electron chi connectivity index (χ1n) is 12.8. The number of hydrogen-bond acceptors (Lipinski definition) is 6. The van der Waals surface area contributed by atoms with Gasteiger partial charge in [-0.15, -0.1) is 11.3 Å². The lowest BCUT2D eigenvalue weighted by Gasteiger charge is -2.35. The van der Waals surface area contributed by atoms with Crippen LogP contribution < -0.4 is 5.32 Å². The molecular formula is C26H34F3N3O3S2. The molecule has 0 bridgehead atoms. The van der Waals surface area contributed by atoms with Gasteiger partial charge < -0.3 is 5.32 Å². The standard InChI is InChI=1S/C26H34F3N3O3S2/c1-4-37(34,35)21-10-9-20(30-13-21)12-31-25(33)22-11-18-15-32(23(16(2)3)24(18)36-22)14-17-5-7-19(8-6-17)26(27,28)29/h9-11,13,16-17,19,23H,4-8,12,14-15H2,1-3H3,(H,31,33)/t17?,19?,23-/m1/s1. The summed E-state index contributed by atoms with van der Waals surface area (Å²) in [6.45, 7) is 7.53. The van der Waals surface area contributed by atoms with Gasteiger partial charge in [-0.2, -0.15) is 13.2 Å². The Balaban J connectivity index is 1.36. The molecule has 1 amide bonds. The van der Waals surface area contributed by atoms with Crippen LogP contribution in [0.1, 0.15) is 78.3 Å². The Morgan fingerprint density at radius 1 is 1.22 bits per heavy atom. The van der Waals surface area contributed by atoms with Gasteiger partial charge in [0.25, 0.3) is 5.91 Å². The van der Waals surface area contributed by atoms with E-state index < -0.39 is 21.9 Å². The number of pyridine rings is 1. The first kappa shape index (κ1) is 28.0. The summed E-state index contributed by atoms with van der Waals surface area (Å²) in [5, 5.41) is 2.87. The first-order valence-corrected chi connectivity index (χ1v) is 15.2. The molecule has 204 valence electrons. The summed E-state index contributed by atoms with van der Waals surface area (Å²) in [6, 6.07) is 5.18. The van der Waals surface area contributed by atoms with Crippen molar-refractivity contribution >= 4 is 27.1 Å². The highest BCUT2D eigenvalue weighted by molar-refractivity contribution is 7.91. The lowest BCUT2D eigenvalue weighted by atomic mass is 9.81. The van der Waals surface area contributed by atoms with Crippen LogP contribution in [0, 0.1) is 17.8 Å². The smallest absolute Gasteiger partial charge is 0.346 e. The Morgan fingerprint density at radius 3 is 2.49 bits per heavy atom. The molecule has 1 fully saturated rings. The van der Waals surface area contributed by atoms with E-state index in [1.54, 1.807) is 13.0 Å². The number of thiophene rings is 1. The fourth-order valence-corrected chi connectivity index (χ4v) is 7.66. The molecule has 3 heterocycles. The molecule has 1 N–H and O–H groups in total. The van der Waals surface area contributed by atoms with Crippen molar-refractivity contribution in [3.05, 3.63) is 45.4 Å². The molecule has 37 heavy (non-hydrogen) atoms. The van der Waals surface area contributed by atoms with Crippen molar-refractivity contribution in [3.8, 4) is 0 Å². The molecule has 1 saturated carbocycles. The minimum absolute atomic E-state index is 0.00177. The average molecular weight is 558 g/mol. The molecule has 2 aromatic heterocycles. The third-order valence-corrected chi connectivity index (χ3v) is 10.5. The number of aromatic nitrogens is 1. The SMILES string of the molecule is CCS(=O)(=O)c1ccc(CNC(=O)c2cc3c(s2)[C@@H](C(C)C)N(CC2CCC(C(F)(F)F)CC2)C3)nc1. The van der Waals surface area contributed by atoms with Crippen LogP contribution in [-0.4, -0.2) is 42.7 Å². The predicted octanol–water partition coefficient (Wildman–Crippen LogP) is 5.75. The molecule has 0 saturated heterocycles. The topological polar surface area (TPSA) is 79.4 Å². The van der Waals surface area contributed by atoms with Gasteiger partial charge in [-0.1, -0.05) is 20.8 Å². The maximum Gasteiger partial charge on any atom is 0.391 e. The minimum atomic E-state index is -4.09. The number of sulfone groups is 1. The molecule has 2 aromatic rings. The summed E-state index contributed by atoms with van der Waals surface area (Å²) < 4.78 is 63.0. The Bertz CT molecular complexity index is 1200. The van der Waals surface area contributed by atoms with Gasteiger partial charge in [-0.3, -0.25) is 14.7 Å². The highest BCUT2D eigenvalue weighted by atomic mass is 32.2. The fraction of sp³-hybridized carbons (Fsp3) is 0.615. The van der Waals surface area contributed by atoms with Crippen molar-refractivity contribution in [1.82, 2.24) is 15.2 Å². The molecule has 4 rings (SSSR count). The molecular weight excluding hydrogens is 523 g/mol. The maximum absolute atomic E-state index is 13.0. The molecule has 6 nitrogen and oxygen atoms in total. The van der Waals surface area contributed by atoms with Gasteiger partial charge in [-0.05, 0) is 61.3 Å². The van der Waals surface area contributed by atoms with E-state index in [1.807, 2.05) is 6.07 Å². The number of carbonyl (C=O) groups is 1. The number of hydrogen-bond donors (Lipinski definition) is 1. The zero-order chi connectivity index (χ0) is 27.0. The summed E-state index contributed by atoms with van der Waals surface area (Å²) >= 11 is 1.48. The molecule has 0 spiro atoms. The molecule has 1 aliphatic carbocycles. The van der Waals surface area contributed by atoms with Crippen LogP contribution in [0.25, 0.3) is 0 Å². The Hall–Kier alpha value is -1.98. The van der Waals surface area contributed by atoms with E-state index in [1.165, 1.54) is 23.6 Å². The van der Waals surface area contributed by atoms with E-state index >= 15 is 0 Å². The van der Waals surface area contributed by atoms with Crippen molar-refractivity contribution in [2.24, 2.45) is 17.8 Å². The molecule has 1 atom stereocenters. The summed E-state index contributed by atoms with van der Waals surface area (Å²) in [6.07, 6.45) is -1.13. The number of halogens is 3. The van der Waals surface area contributed by atoms with Crippen molar-refractivity contribution in [2.45, 2.75) is 76.7 Å². The average Bonchev–Trinajstić information content (AvgIpc) is 3.40. The number of alkyl halides is 3. The van der Waals surface area contributed by atoms with Crippen LogP contribution in [0.3, 0.4) is 0 Å². The molecule has 0 unspecified atom stereocenters. The predicted molar refractivity (Wildman–Crippen MR) is 137 cm³/mol. The van der Waals surface area contributed by atoms with Crippen molar-refractivity contribution < 1.29 is 26.4 Å². The van der Waals surface area contributed by atoms with Crippen molar-refractivity contribution in [1.29, 1.82) is 0 Å². The Kier molecular flexibility index (Phi) is 8.35. The number of fused-ring (bicyclic) bond motifs is 1. The molecule has 1 aliphatic heterocycles. The minimum Gasteiger partial charge on any atom is -0.346 e. The highest BCUT2D eigenvalue weighted by Crippen LogP contribution is 2.46. The zero-order valence-corrected chi connectivity index (χ0v) is 23.0. The van der Waals surface area contributed by atoms with E-state index in [4.69, 9.17) is 0 Å². The van der Waals surface area contributed by atoms with Gasteiger partial charge in [0.2, 0.25) is 0 Å². The third-order valence-electron chi connectivity index (χ3n) is 7.50. The molecule has 11 heteroatoms. The monoisotopic (exact) mass is 557 g/mol. The van der Waals surface area contributed by atoms with Gasteiger partial charge in [0.15, 0.2) is 9.84 Å². The summed E-state index contributed by atoms with van der Waals surface area (Å²) in [7, 11) is -3.32. The van der Waals surface area contributed by atoms with Gasteiger partial charge in [0.1, 0.15) is 0 Å². The number of amides is 1. The van der Waals surface area contributed by atoms with E-state index in [0.717, 1.165) is 17.0 Å². The van der Waals surface area contributed by atoms with Crippen LogP contribution >= 0.6 is 11.3 Å². The molecule has 2 aliphatic rings. The Labute approximate surface area is 220 Å². The lowest BCUT2D eigenvalue weighted by molar-refractivity contribution is -0.184. The first-order chi connectivity index (χ1) is 17.4. The second-order valence-corrected chi connectivity index (χ2v) is 13.8. The lowest BCUT2D eigenvalue weighted by Crippen LogP contribution is -2.35. The quantitative estimate of drug-likeness (QED) is 0.447. The summed E-state index contributed by atoms with van der Waals surface area (Å²) in [4.78, 5) is 21.3. The number of nitrogens with one attached hydrogen (secondary N) is 1. The van der Waals surface area contributed by atoms with E-state index in [-0.39, 0.29) is 47.9 Å². The Morgan fingerprint density at radius 2 is 1.92 bits per heavy atom. The van der Waals surface area contributed by atoms with Gasteiger partial charge in [-0.25, -0.2) is 8.42 Å². The number of rotatable bonds is 8. The summed E-state index contributed by atoms with van der Waals surface area (Å²) in [5.41, 5.74) is 1.68. The van der Waals surface area contributed by atoms with E-state index in [0.29, 0.717) is 35.9 Å². The van der Waals surface area contributed by atoms with Gasteiger partial charge in [0, 0.05) is 30.2 Å². The van der Waals surface area contributed by atoms with Crippen LogP contribution in [0.5, 0.6) is 0 Å². The zero-order valence-electron chi connectivity index (χ0n) is 21.3. The summed E-state index contributed by atoms with van der Waals surface area (Å²) in [5.74, 6) is -0.788. The van der Waals surface area contributed by atoms with Crippen LogP contribution in [-0.2, 0) is 22.9 Å². The van der Waals surface area contributed by atoms with Crippen LogP contribution in [0.2, 0.25) is 0 Å². The van der Waals surface area contributed by atoms with Gasteiger partial charge >= 0.3 is 6.18 Å². The van der Waals surface area contributed by atoms with Crippen LogP contribution in [0.4, 0.5) is 13.2 Å². The largest absolute Gasteiger partial charge is 0.391 e. The maximum atomic E-state index is 13.0. The second kappa shape index (κ2) is 11.0. The number of nitrogens with zero attached hydrogens (tertiary/aromatic N) is 2. The van der Waals surface area contributed by atoms with Crippen LogP contribution in [0.15, 0.2) is 29.3 Å². The molecule has 0 aromatic carbocycles. The van der Waals surface area contributed by atoms with E-state index in [9.17, 15) is 26.4 Å². The fourth-order valence-electron chi connectivity index (χ4n) is 5.44. The van der Waals surface area contributed by atoms with Gasteiger partial charge in [0.05, 0.1) is 33.7 Å². The highest BCUT2D eigenvalue weighted by Gasteiger charge is 2.42. The second-order valence-electron chi connectivity index (χ2n) is 10.4. The van der Waals surface area contributed by atoms with Crippen molar-refractivity contribution in [2.75, 3.05) is 12.3 Å². The normalized spacial score (nSPS) is 22.8. The third kappa shape index (κ3) is 6.37.